The van der Waals surface area contributed by atoms with Gasteiger partial charge in [0, 0.05) is 22.8 Å². The van der Waals surface area contributed by atoms with Gasteiger partial charge in [0.1, 0.15) is 0 Å². The molecule has 0 radical (unpaired) electrons. The summed E-state index contributed by atoms with van der Waals surface area (Å²) in [7, 11) is 0. The van der Waals surface area contributed by atoms with E-state index < -0.39 is 0 Å². The summed E-state index contributed by atoms with van der Waals surface area (Å²) in [5.41, 5.74) is 2.26. The van der Waals surface area contributed by atoms with Gasteiger partial charge in [-0.05, 0) is 34.9 Å². The molecular formula is C23H21ClN4S. The molecule has 0 atom stereocenters. The maximum atomic E-state index is 5.98. The Bertz CT molecular complexity index is 1130. The van der Waals surface area contributed by atoms with Crippen molar-refractivity contribution in [3.05, 3.63) is 88.7 Å². The predicted octanol–water partition coefficient (Wildman–Crippen LogP) is 6.21. The zero-order valence-electron chi connectivity index (χ0n) is 16.1. The number of aryl methyl sites for hydroxylation is 1. The van der Waals surface area contributed by atoms with Crippen LogP contribution in [0.4, 0.5) is 0 Å². The molecule has 1 aromatic heterocycles. The minimum atomic E-state index is 0.742. The van der Waals surface area contributed by atoms with Crippen LogP contribution in [0.25, 0.3) is 10.8 Å². The molecule has 0 saturated heterocycles. The number of aromatic nitrogens is 3. The number of rotatable bonds is 7. The Labute approximate surface area is 179 Å². The lowest BCUT2D eigenvalue weighted by Crippen LogP contribution is -2.00. The fourth-order valence-corrected chi connectivity index (χ4v) is 4.08. The van der Waals surface area contributed by atoms with Crippen LogP contribution in [0.15, 0.2) is 77.0 Å². The minimum Gasteiger partial charge on any atom is -0.191 e. The summed E-state index contributed by atoms with van der Waals surface area (Å²) in [6.45, 7) is 2.13. The molecule has 0 spiro atoms. The summed E-state index contributed by atoms with van der Waals surface area (Å²) in [5, 5.41) is 17.4. The van der Waals surface area contributed by atoms with Crippen LogP contribution >= 0.6 is 23.4 Å². The molecule has 1 heterocycles. The minimum absolute atomic E-state index is 0.742. The first kappa shape index (κ1) is 19.7. The van der Waals surface area contributed by atoms with Crippen LogP contribution in [0.5, 0.6) is 0 Å². The predicted molar refractivity (Wildman–Crippen MR) is 122 cm³/mol. The molecular weight excluding hydrogens is 400 g/mol. The number of hydrogen-bond donors (Lipinski definition) is 0. The highest BCUT2D eigenvalue weighted by Crippen LogP contribution is 2.24. The fourth-order valence-electron chi connectivity index (χ4n) is 3.09. The van der Waals surface area contributed by atoms with Crippen LogP contribution in [0.2, 0.25) is 5.02 Å². The number of halogens is 1. The Hall–Kier alpha value is -2.63. The molecule has 0 amide bonds. The number of hydrogen-bond acceptors (Lipinski definition) is 4. The van der Waals surface area contributed by atoms with Crippen molar-refractivity contribution in [2.75, 3.05) is 0 Å². The topological polar surface area (TPSA) is 43.1 Å². The van der Waals surface area contributed by atoms with Crippen LogP contribution < -0.4 is 0 Å². The molecule has 0 saturated carbocycles. The first-order chi connectivity index (χ1) is 14.2. The van der Waals surface area contributed by atoms with Crippen molar-refractivity contribution < 1.29 is 0 Å². The Balaban J connectivity index is 1.62. The normalized spacial score (nSPS) is 11.5. The molecule has 6 heteroatoms. The summed E-state index contributed by atoms with van der Waals surface area (Å²) in [6, 6.07) is 22.4. The van der Waals surface area contributed by atoms with Crippen LogP contribution in [0.3, 0.4) is 0 Å². The quantitative estimate of drug-likeness (QED) is 0.263. The molecule has 0 aliphatic carbocycles. The molecule has 4 nitrogen and oxygen atoms in total. The van der Waals surface area contributed by atoms with E-state index in [-0.39, 0.29) is 0 Å². The van der Waals surface area contributed by atoms with Gasteiger partial charge in [-0.3, -0.25) is 0 Å². The van der Waals surface area contributed by atoms with E-state index in [9.17, 15) is 0 Å². The lowest BCUT2D eigenvalue weighted by atomic mass is 10.1. The zero-order chi connectivity index (χ0) is 20.1. The summed E-state index contributed by atoms with van der Waals surface area (Å²) >= 11 is 7.60. The zero-order valence-corrected chi connectivity index (χ0v) is 17.7. The molecule has 29 heavy (non-hydrogen) atoms. The second-order valence-corrected chi connectivity index (χ2v) is 8.07. The Kier molecular flexibility index (Phi) is 6.27. The second kappa shape index (κ2) is 9.25. The molecule has 4 aromatic rings. The Morgan fingerprint density at radius 2 is 1.79 bits per heavy atom. The maximum Gasteiger partial charge on any atom is 0.212 e. The molecule has 0 aliphatic rings. The highest BCUT2D eigenvalue weighted by molar-refractivity contribution is 7.98. The largest absolute Gasteiger partial charge is 0.212 e. The van der Waals surface area contributed by atoms with Gasteiger partial charge in [0.25, 0.3) is 0 Å². The molecule has 0 fully saturated rings. The molecule has 0 bridgehead atoms. The van der Waals surface area contributed by atoms with Gasteiger partial charge in [-0.15, -0.1) is 10.2 Å². The van der Waals surface area contributed by atoms with Crippen molar-refractivity contribution in [1.29, 1.82) is 0 Å². The van der Waals surface area contributed by atoms with Crippen molar-refractivity contribution in [3.63, 3.8) is 0 Å². The van der Waals surface area contributed by atoms with Crippen LogP contribution in [0, 0.1) is 0 Å². The van der Waals surface area contributed by atoms with E-state index in [0.717, 1.165) is 40.2 Å². The lowest BCUT2D eigenvalue weighted by molar-refractivity contribution is 0.700. The number of fused-ring (bicyclic) bond motifs is 1. The number of thioether (sulfide) groups is 1. The number of benzene rings is 3. The monoisotopic (exact) mass is 420 g/mol. The van der Waals surface area contributed by atoms with Gasteiger partial charge >= 0.3 is 0 Å². The van der Waals surface area contributed by atoms with Crippen molar-refractivity contribution in [1.82, 2.24) is 14.9 Å². The SMILES string of the molecule is CCCc1nnc(SCc2ccc(Cl)cc2)n1/N=C/c1cccc2ccccc12. The average molecular weight is 421 g/mol. The van der Waals surface area contributed by atoms with Crippen LogP contribution in [0.1, 0.15) is 30.3 Å². The van der Waals surface area contributed by atoms with Gasteiger partial charge in [-0.2, -0.15) is 9.78 Å². The first-order valence-electron chi connectivity index (χ1n) is 9.58. The van der Waals surface area contributed by atoms with Crippen molar-refractivity contribution in [3.8, 4) is 0 Å². The molecule has 0 unspecified atom stereocenters. The van der Waals surface area contributed by atoms with E-state index in [1.165, 1.54) is 16.3 Å². The Morgan fingerprint density at radius 3 is 2.62 bits per heavy atom. The fraction of sp³-hybridized carbons (Fsp3) is 0.174. The smallest absolute Gasteiger partial charge is 0.191 e. The van der Waals surface area contributed by atoms with Crippen LogP contribution in [-0.4, -0.2) is 21.1 Å². The summed E-state index contributed by atoms with van der Waals surface area (Å²) < 4.78 is 1.87. The van der Waals surface area contributed by atoms with E-state index in [4.69, 9.17) is 16.7 Å². The molecule has 3 aromatic carbocycles. The Morgan fingerprint density at radius 1 is 1.00 bits per heavy atom. The van der Waals surface area contributed by atoms with Gasteiger partial charge < -0.3 is 0 Å². The standard InChI is InChI=1S/C23H21ClN4S/c1-2-6-22-26-27-23(29-16-17-11-13-20(24)14-12-17)28(22)25-15-19-9-5-8-18-7-3-4-10-21(18)19/h3-5,7-15H,2,6,16H2,1H3/b25-15+. The van der Waals surface area contributed by atoms with Crippen LogP contribution in [-0.2, 0) is 12.2 Å². The van der Waals surface area contributed by atoms with Gasteiger partial charge in [0.05, 0.1) is 6.21 Å². The highest BCUT2D eigenvalue weighted by Gasteiger charge is 2.12. The second-order valence-electron chi connectivity index (χ2n) is 6.69. The molecule has 146 valence electrons. The van der Waals surface area contributed by atoms with E-state index in [1.54, 1.807) is 11.8 Å². The van der Waals surface area contributed by atoms with E-state index in [2.05, 4.69) is 47.5 Å². The highest BCUT2D eigenvalue weighted by atomic mass is 35.5. The van der Waals surface area contributed by atoms with Crippen molar-refractivity contribution >= 4 is 40.3 Å². The van der Waals surface area contributed by atoms with Gasteiger partial charge in [-0.25, -0.2) is 0 Å². The average Bonchev–Trinajstić information content (AvgIpc) is 3.13. The first-order valence-corrected chi connectivity index (χ1v) is 10.9. The third-order valence-electron chi connectivity index (χ3n) is 4.57. The van der Waals surface area contributed by atoms with Gasteiger partial charge in [0.15, 0.2) is 5.82 Å². The summed E-state index contributed by atoms with van der Waals surface area (Å²) in [6.07, 6.45) is 3.72. The van der Waals surface area contributed by atoms with E-state index in [1.807, 2.05) is 47.3 Å². The third-order valence-corrected chi connectivity index (χ3v) is 5.81. The van der Waals surface area contributed by atoms with Crippen molar-refractivity contribution in [2.24, 2.45) is 5.10 Å². The van der Waals surface area contributed by atoms with Gasteiger partial charge in [0.2, 0.25) is 5.16 Å². The molecule has 0 aliphatic heterocycles. The third kappa shape index (κ3) is 4.69. The van der Waals surface area contributed by atoms with Gasteiger partial charge in [-0.1, -0.05) is 84.9 Å². The molecule has 0 N–H and O–H groups in total. The van der Waals surface area contributed by atoms with Crippen molar-refractivity contribution in [2.45, 2.75) is 30.7 Å². The maximum absolute atomic E-state index is 5.98. The summed E-state index contributed by atoms with van der Waals surface area (Å²) in [4.78, 5) is 0. The van der Waals surface area contributed by atoms with E-state index >= 15 is 0 Å². The number of nitrogens with zero attached hydrogens (tertiary/aromatic N) is 4. The lowest BCUT2D eigenvalue weighted by Gasteiger charge is -2.05. The summed E-state index contributed by atoms with van der Waals surface area (Å²) in [5.74, 6) is 1.66. The van der Waals surface area contributed by atoms with E-state index in [0.29, 0.717) is 0 Å². The molecule has 4 rings (SSSR count).